The highest BCUT2D eigenvalue weighted by Gasteiger charge is 2.33. The Morgan fingerprint density at radius 1 is 1.11 bits per heavy atom. The number of carbonyl (C=O) groups is 2. The minimum Gasteiger partial charge on any atom is -0.491 e. The van der Waals surface area contributed by atoms with Crippen molar-refractivity contribution in [2.24, 2.45) is 0 Å². The molecule has 1 aliphatic rings. The summed E-state index contributed by atoms with van der Waals surface area (Å²) in [6.45, 7) is 4.14. The highest BCUT2D eigenvalue weighted by atomic mass is 19.1. The van der Waals surface area contributed by atoms with Gasteiger partial charge in [0.25, 0.3) is 5.91 Å². The molecule has 6 heteroatoms. The number of carbonyl (C=O) groups excluding carboxylic acids is 2. The highest BCUT2D eigenvalue weighted by molar-refractivity contribution is 6.13. The van der Waals surface area contributed by atoms with Gasteiger partial charge >= 0.3 is 6.03 Å². The molecule has 0 aromatic heterocycles. The van der Waals surface area contributed by atoms with E-state index in [2.05, 4.69) is 12.2 Å². The first kappa shape index (κ1) is 18.6. The van der Waals surface area contributed by atoms with Crippen LogP contribution >= 0.6 is 0 Å². The smallest absolute Gasteiger partial charge is 0.329 e. The molecule has 2 aromatic carbocycles. The lowest BCUT2D eigenvalue weighted by Gasteiger charge is -2.12. The summed E-state index contributed by atoms with van der Waals surface area (Å²) in [4.78, 5) is 25.7. The Labute approximate surface area is 157 Å². The number of halogens is 1. The zero-order valence-electron chi connectivity index (χ0n) is 15.2. The van der Waals surface area contributed by atoms with Crippen LogP contribution in [0.25, 0.3) is 6.08 Å². The van der Waals surface area contributed by atoms with Crippen LogP contribution in [0.1, 0.15) is 31.4 Å². The van der Waals surface area contributed by atoms with Crippen LogP contribution in [0.3, 0.4) is 0 Å². The molecule has 0 saturated carbocycles. The maximum atomic E-state index is 13.0. The Kier molecular flexibility index (Phi) is 5.54. The molecule has 1 saturated heterocycles. The Balaban J connectivity index is 1.71. The van der Waals surface area contributed by atoms with Gasteiger partial charge in [-0.3, -0.25) is 9.69 Å². The molecule has 27 heavy (non-hydrogen) atoms. The average Bonchev–Trinajstić information content (AvgIpc) is 2.92. The molecule has 1 atom stereocenters. The first-order chi connectivity index (χ1) is 13.0. The fourth-order valence-corrected chi connectivity index (χ4v) is 2.61. The van der Waals surface area contributed by atoms with Gasteiger partial charge in [-0.15, -0.1) is 0 Å². The highest BCUT2D eigenvalue weighted by Crippen LogP contribution is 2.20. The van der Waals surface area contributed by atoms with E-state index in [0.717, 1.165) is 22.6 Å². The van der Waals surface area contributed by atoms with Crippen LogP contribution in [0.2, 0.25) is 0 Å². The molecule has 2 aromatic rings. The zero-order valence-corrected chi connectivity index (χ0v) is 15.2. The molecule has 1 heterocycles. The fourth-order valence-electron chi connectivity index (χ4n) is 2.61. The van der Waals surface area contributed by atoms with E-state index in [9.17, 15) is 14.0 Å². The van der Waals surface area contributed by atoms with Crippen LogP contribution in [0, 0.1) is 5.82 Å². The second-order valence-corrected chi connectivity index (χ2v) is 6.41. The second kappa shape index (κ2) is 8.03. The van der Waals surface area contributed by atoms with Gasteiger partial charge in [0, 0.05) is 0 Å². The van der Waals surface area contributed by atoms with E-state index in [1.54, 1.807) is 18.2 Å². The van der Waals surface area contributed by atoms with E-state index in [4.69, 9.17) is 4.74 Å². The van der Waals surface area contributed by atoms with Crippen LogP contribution < -0.4 is 10.1 Å². The van der Waals surface area contributed by atoms with Gasteiger partial charge in [-0.05, 0) is 54.8 Å². The van der Waals surface area contributed by atoms with Crippen molar-refractivity contribution in [2.45, 2.75) is 32.9 Å². The molecule has 0 bridgehead atoms. The van der Waals surface area contributed by atoms with E-state index >= 15 is 0 Å². The summed E-state index contributed by atoms with van der Waals surface area (Å²) >= 11 is 0. The van der Waals surface area contributed by atoms with Gasteiger partial charge in [0.15, 0.2) is 0 Å². The summed E-state index contributed by atoms with van der Waals surface area (Å²) in [6, 6.07) is 12.5. The van der Waals surface area contributed by atoms with Crippen molar-refractivity contribution in [2.75, 3.05) is 0 Å². The summed E-state index contributed by atoms with van der Waals surface area (Å²) in [7, 11) is 0. The number of rotatable bonds is 6. The van der Waals surface area contributed by atoms with Crippen molar-refractivity contribution in [3.63, 3.8) is 0 Å². The van der Waals surface area contributed by atoms with Gasteiger partial charge < -0.3 is 10.1 Å². The monoisotopic (exact) mass is 368 g/mol. The van der Waals surface area contributed by atoms with Crippen molar-refractivity contribution < 1.29 is 18.7 Å². The molecule has 1 fully saturated rings. The maximum Gasteiger partial charge on any atom is 0.329 e. The van der Waals surface area contributed by atoms with Gasteiger partial charge in [0.1, 0.15) is 17.3 Å². The number of imide groups is 1. The van der Waals surface area contributed by atoms with Crippen molar-refractivity contribution in [3.8, 4) is 5.75 Å². The van der Waals surface area contributed by atoms with Crippen LogP contribution in [0.5, 0.6) is 5.75 Å². The molecular weight excluding hydrogens is 347 g/mol. The van der Waals surface area contributed by atoms with E-state index < -0.39 is 11.9 Å². The van der Waals surface area contributed by atoms with Crippen molar-refractivity contribution in [3.05, 3.63) is 71.2 Å². The van der Waals surface area contributed by atoms with Gasteiger partial charge in [0.05, 0.1) is 12.6 Å². The molecule has 1 N–H and O–H groups in total. The summed E-state index contributed by atoms with van der Waals surface area (Å²) in [6.07, 6.45) is 2.67. The van der Waals surface area contributed by atoms with Gasteiger partial charge in [0.2, 0.25) is 0 Å². The Morgan fingerprint density at radius 3 is 2.41 bits per heavy atom. The van der Waals surface area contributed by atoms with Gasteiger partial charge in [-0.25, -0.2) is 9.18 Å². The molecule has 1 aliphatic heterocycles. The standard InChI is InChI=1S/C21H21FN2O3/c1-3-14(2)27-18-10-6-15(7-11-18)12-19-20(25)24(21(26)23-19)13-16-4-8-17(22)9-5-16/h4-12,14H,3,13H2,1-2H3,(H,23,26)/b19-12+/t14-/m1/s1. The molecule has 0 aliphatic carbocycles. The lowest BCUT2D eigenvalue weighted by molar-refractivity contribution is -0.123. The summed E-state index contributed by atoms with van der Waals surface area (Å²) in [5.74, 6) is -0.0206. The molecule has 5 nitrogen and oxygen atoms in total. The number of hydrogen-bond acceptors (Lipinski definition) is 3. The predicted molar refractivity (Wildman–Crippen MR) is 100 cm³/mol. The SMILES string of the molecule is CC[C@@H](C)Oc1ccc(/C=C2/NC(=O)N(Cc3ccc(F)cc3)C2=O)cc1. The number of hydrogen-bond donors (Lipinski definition) is 1. The van der Waals surface area contributed by atoms with E-state index in [-0.39, 0.29) is 24.2 Å². The molecule has 140 valence electrons. The van der Waals surface area contributed by atoms with E-state index in [1.165, 1.54) is 12.1 Å². The van der Waals surface area contributed by atoms with Gasteiger partial charge in [-0.1, -0.05) is 31.2 Å². The zero-order chi connectivity index (χ0) is 19.4. The minimum absolute atomic E-state index is 0.0873. The lowest BCUT2D eigenvalue weighted by atomic mass is 10.1. The summed E-state index contributed by atoms with van der Waals surface area (Å²) < 4.78 is 18.7. The maximum absolute atomic E-state index is 13.0. The van der Waals surface area contributed by atoms with Crippen molar-refractivity contribution in [1.82, 2.24) is 10.2 Å². The van der Waals surface area contributed by atoms with Crippen LogP contribution in [0.4, 0.5) is 9.18 Å². The quantitative estimate of drug-likeness (QED) is 0.617. The van der Waals surface area contributed by atoms with E-state index in [1.807, 2.05) is 31.2 Å². The number of nitrogens with zero attached hydrogens (tertiary/aromatic N) is 1. The normalized spacial score (nSPS) is 16.6. The van der Waals surface area contributed by atoms with Crippen molar-refractivity contribution in [1.29, 1.82) is 0 Å². The van der Waals surface area contributed by atoms with Crippen molar-refractivity contribution >= 4 is 18.0 Å². The number of ether oxygens (including phenoxy) is 1. The first-order valence-electron chi connectivity index (χ1n) is 8.82. The first-order valence-corrected chi connectivity index (χ1v) is 8.82. The molecule has 0 spiro atoms. The van der Waals surface area contributed by atoms with E-state index in [0.29, 0.717) is 5.56 Å². The van der Waals surface area contributed by atoms with Crippen LogP contribution in [-0.2, 0) is 11.3 Å². The summed E-state index contributed by atoms with van der Waals surface area (Å²) in [5.41, 5.74) is 1.66. The Morgan fingerprint density at radius 2 is 1.78 bits per heavy atom. The third kappa shape index (κ3) is 4.53. The average molecular weight is 368 g/mol. The Bertz CT molecular complexity index is 860. The number of amides is 3. The molecule has 3 rings (SSSR count). The Hall–Kier alpha value is -3.15. The lowest BCUT2D eigenvalue weighted by Crippen LogP contribution is -2.30. The van der Waals surface area contributed by atoms with Gasteiger partial charge in [-0.2, -0.15) is 0 Å². The molecular formula is C21H21FN2O3. The topological polar surface area (TPSA) is 58.6 Å². The molecule has 0 radical (unpaired) electrons. The third-order valence-corrected chi connectivity index (χ3v) is 4.32. The molecule has 3 amide bonds. The number of benzene rings is 2. The third-order valence-electron chi connectivity index (χ3n) is 4.32. The minimum atomic E-state index is -0.493. The van der Waals surface area contributed by atoms with Crippen LogP contribution in [-0.4, -0.2) is 22.9 Å². The number of urea groups is 1. The molecule has 0 unspecified atom stereocenters. The summed E-state index contributed by atoms with van der Waals surface area (Å²) in [5, 5.41) is 2.58. The predicted octanol–water partition coefficient (Wildman–Crippen LogP) is 4.10. The second-order valence-electron chi connectivity index (χ2n) is 6.41. The fraction of sp³-hybridized carbons (Fsp3) is 0.238. The number of nitrogens with one attached hydrogen (secondary N) is 1. The largest absolute Gasteiger partial charge is 0.491 e. The van der Waals surface area contributed by atoms with Crippen LogP contribution in [0.15, 0.2) is 54.2 Å².